The van der Waals surface area contributed by atoms with Crippen molar-refractivity contribution in [2.75, 3.05) is 27.8 Å². The number of piperazine rings is 1. The molecule has 0 aromatic rings. The van der Waals surface area contributed by atoms with Gasteiger partial charge in [-0.2, -0.15) is 5.26 Å². The van der Waals surface area contributed by atoms with Gasteiger partial charge in [0, 0.05) is 59.0 Å². The van der Waals surface area contributed by atoms with Crippen LogP contribution in [-0.4, -0.2) is 103 Å². The molecular formula is C29H30N4O8. The fraction of sp³-hybridized carbons (Fsp3) is 0.483. The fourth-order valence-corrected chi connectivity index (χ4v) is 7.13. The van der Waals surface area contributed by atoms with Crippen LogP contribution in [0.1, 0.15) is 33.6 Å². The van der Waals surface area contributed by atoms with Crippen LogP contribution in [0.5, 0.6) is 0 Å². The molecule has 3 heterocycles. The summed E-state index contributed by atoms with van der Waals surface area (Å²) in [6.45, 7) is 3.89. The molecule has 1 fully saturated rings. The molecule has 0 saturated carbocycles. The van der Waals surface area contributed by atoms with Crippen molar-refractivity contribution in [1.29, 1.82) is 5.26 Å². The van der Waals surface area contributed by atoms with Crippen LogP contribution < -0.4 is 5.32 Å². The van der Waals surface area contributed by atoms with E-state index in [0.29, 0.717) is 5.57 Å². The van der Waals surface area contributed by atoms with E-state index < -0.39 is 59.2 Å². The number of carbonyl (C=O) groups is 6. The Balaban J connectivity index is 1.71. The molecule has 0 aromatic carbocycles. The molecule has 12 nitrogen and oxygen atoms in total. The molecule has 3 aliphatic heterocycles. The molecule has 5 rings (SSSR count). The van der Waals surface area contributed by atoms with Gasteiger partial charge < -0.3 is 14.8 Å². The van der Waals surface area contributed by atoms with E-state index in [4.69, 9.17) is 9.47 Å². The van der Waals surface area contributed by atoms with Crippen LogP contribution in [0.15, 0.2) is 45.0 Å². The molecule has 0 unspecified atom stereocenters. The lowest BCUT2D eigenvalue weighted by molar-refractivity contribution is -0.137. The maximum atomic E-state index is 13.8. The summed E-state index contributed by atoms with van der Waals surface area (Å²) >= 11 is 0. The largest absolute Gasteiger partial charge is 0.492 e. The summed E-state index contributed by atoms with van der Waals surface area (Å²) < 4.78 is 10.6. The third kappa shape index (κ3) is 3.87. The number of hydrogen-bond donors (Lipinski definition) is 1. The van der Waals surface area contributed by atoms with Crippen LogP contribution in [0.2, 0.25) is 0 Å². The number of nitrogens with one attached hydrogen (secondary N) is 1. The second-order valence-corrected chi connectivity index (χ2v) is 10.9. The van der Waals surface area contributed by atoms with Gasteiger partial charge in [-0.05, 0) is 33.7 Å². The second-order valence-electron chi connectivity index (χ2n) is 10.9. The Morgan fingerprint density at radius 2 is 1.41 bits per heavy atom. The predicted molar refractivity (Wildman–Crippen MR) is 141 cm³/mol. The van der Waals surface area contributed by atoms with Crippen molar-refractivity contribution < 1.29 is 38.2 Å². The average molecular weight is 563 g/mol. The SMILES string of the molecule is COC1=C(C)C(=O)C2=C(C1=O)[C@@H]1[C@@H]3CC4=C(C(=O)C(OC)=C(C)C4=O)[C@@H](CNC(=O)C(C)=O)N3[C@@H](C#N)[C@H](C2)N1C. The van der Waals surface area contributed by atoms with Crippen LogP contribution in [0.3, 0.4) is 0 Å². The number of likely N-dealkylation sites (N-methyl/N-ethyl adjacent to an activating group) is 1. The summed E-state index contributed by atoms with van der Waals surface area (Å²) in [5.41, 5.74) is 1.19. The van der Waals surface area contributed by atoms with Gasteiger partial charge in [-0.25, -0.2) is 0 Å². The first kappa shape index (κ1) is 28.3. The van der Waals surface area contributed by atoms with Crippen molar-refractivity contribution in [2.24, 2.45) is 0 Å². The van der Waals surface area contributed by atoms with E-state index >= 15 is 0 Å². The number of rotatable bonds is 5. The van der Waals surface area contributed by atoms with Crippen LogP contribution in [-0.2, 0) is 38.2 Å². The highest BCUT2D eigenvalue weighted by Gasteiger charge is 2.59. The first-order valence-corrected chi connectivity index (χ1v) is 13.2. The van der Waals surface area contributed by atoms with Gasteiger partial charge >= 0.3 is 0 Å². The number of ether oxygens (including phenoxy) is 2. The molecule has 0 aromatic heterocycles. The minimum Gasteiger partial charge on any atom is -0.492 e. The fourth-order valence-electron chi connectivity index (χ4n) is 7.13. The summed E-state index contributed by atoms with van der Waals surface area (Å²) in [5, 5.41) is 13.0. The van der Waals surface area contributed by atoms with E-state index in [1.54, 1.807) is 11.9 Å². The average Bonchev–Trinajstić information content (AvgIpc) is 2.93. The highest BCUT2D eigenvalue weighted by molar-refractivity contribution is 6.35. The lowest BCUT2D eigenvalue weighted by Gasteiger charge is -2.60. The number of allylic oxidation sites excluding steroid dienone is 4. The lowest BCUT2D eigenvalue weighted by atomic mass is 9.67. The van der Waals surface area contributed by atoms with Gasteiger partial charge in [0.2, 0.25) is 17.3 Å². The molecular weight excluding hydrogens is 532 g/mol. The number of nitriles is 1. The van der Waals surface area contributed by atoms with Gasteiger partial charge in [0.15, 0.2) is 23.1 Å². The topological polar surface area (TPSA) is 163 Å². The number of nitrogens with zero attached hydrogens (tertiary/aromatic N) is 3. The predicted octanol–water partition coefficient (Wildman–Crippen LogP) is -0.149. The molecule has 1 amide bonds. The Kier molecular flexibility index (Phi) is 6.91. The van der Waals surface area contributed by atoms with Gasteiger partial charge in [-0.3, -0.25) is 38.6 Å². The van der Waals surface area contributed by atoms with Crippen molar-refractivity contribution >= 4 is 34.8 Å². The highest BCUT2D eigenvalue weighted by atomic mass is 16.5. The molecule has 1 saturated heterocycles. The smallest absolute Gasteiger partial charge is 0.287 e. The molecule has 2 bridgehead atoms. The van der Waals surface area contributed by atoms with Crippen molar-refractivity contribution in [3.63, 3.8) is 0 Å². The zero-order valence-electron chi connectivity index (χ0n) is 23.6. The second kappa shape index (κ2) is 10.0. The van der Waals surface area contributed by atoms with E-state index in [0.717, 1.165) is 6.92 Å². The van der Waals surface area contributed by atoms with E-state index in [1.165, 1.54) is 28.1 Å². The van der Waals surface area contributed by atoms with Gasteiger partial charge in [0.1, 0.15) is 6.04 Å². The molecule has 5 atom stereocenters. The van der Waals surface area contributed by atoms with E-state index in [1.807, 2.05) is 4.90 Å². The molecule has 2 aliphatic carbocycles. The summed E-state index contributed by atoms with van der Waals surface area (Å²) in [6.07, 6.45) is 0.116. The monoisotopic (exact) mass is 562 g/mol. The van der Waals surface area contributed by atoms with Crippen LogP contribution in [0, 0.1) is 11.3 Å². The minimum absolute atomic E-state index is 0.00850. The normalized spacial score (nSPS) is 30.1. The summed E-state index contributed by atoms with van der Waals surface area (Å²) in [4.78, 5) is 82.3. The molecule has 12 heteroatoms. The van der Waals surface area contributed by atoms with Crippen molar-refractivity contribution in [3.05, 3.63) is 45.0 Å². The molecule has 0 spiro atoms. The van der Waals surface area contributed by atoms with E-state index in [9.17, 15) is 34.0 Å². The Labute approximate surface area is 236 Å². The molecule has 5 aliphatic rings. The Morgan fingerprint density at radius 3 is 1.93 bits per heavy atom. The van der Waals surface area contributed by atoms with Crippen LogP contribution >= 0.6 is 0 Å². The Hall–Kier alpha value is -4.21. The maximum absolute atomic E-state index is 13.8. The number of methoxy groups -OCH3 is 2. The number of hydrogen-bond acceptors (Lipinski definition) is 11. The first-order valence-electron chi connectivity index (χ1n) is 13.2. The quantitative estimate of drug-likeness (QED) is 0.350. The van der Waals surface area contributed by atoms with Crippen molar-refractivity contribution in [3.8, 4) is 6.07 Å². The van der Waals surface area contributed by atoms with Gasteiger partial charge in [-0.1, -0.05) is 0 Å². The third-order valence-electron chi connectivity index (χ3n) is 8.99. The van der Waals surface area contributed by atoms with Gasteiger partial charge in [-0.15, -0.1) is 0 Å². The third-order valence-corrected chi connectivity index (χ3v) is 8.99. The van der Waals surface area contributed by atoms with E-state index in [-0.39, 0.29) is 64.6 Å². The van der Waals surface area contributed by atoms with Crippen LogP contribution in [0.4, 0.5) is 0 Å². The number of ketones is 5. The Bertz CT molecular complexity index is 1520. The first-order chi connectivity index (χ1) is 19.4. The minimum atomic E-state index is -0.985. The van der Waals surface area contributed by atoms with E-state index in [2.05, 4.69) is 11.4 Å². The van der Waals surface area contributed by atoms with Gasteiger partial charge in [0.25, 0.3) is 5.91 Å². The zero-order valence-corrected chi connectivity index (χ0v) is 23.6. The standard InChI is InChI=1S/C29H30N4O8/c1-11-23(35)14-8-17-22-21-15(24(36)12(2)28(41-6)26(21)38)7-16(32(22)4)18(9-30)33(17)19(10-31-29(39)13(3)34)20(14)25(37)27(11)40-5/h16-19,22H,7-8,10H2,1-6H3,(H,31,39)/t16-,17-,18-,19+,22-/m0/s1. The Morgan fingerprint density at radius 1 is 0.902 bits per heavy atom. The zero-order chi connectivity index (χ0) is 30.1. The maximum Gasteiger partial charge on any atom is 0.287 e. The summed E-state index contributed by atoms with van der Waals surface area (Å²) in [7, 11) is 4.38. The molecule has 0 radical (unpaired) electrons. The molecule has 1 N–H and O–H groups in total. The molecule has 214 valence electrons. The highest BCUT2D eigenvalue weighted by Crippen LogP contribution is 2.48. The van der Waals surface area contributed by atoms with Crippen molar-refractivity contribution in [2.45, 2.75) is 63.8 Å². The van der Waals surface area contributed by atoms with Crippen molar-refractivity contribution in [1.82, 2.24) is 15.1 Å². The van der Waals surface area contributed by atoms with Gasteiger partial charge in [0.05, 0.1) is 32.4 Å². The summed E-state index contributed by atoms with van der Waals surface area (Å²) in [5.74, 6) is -3.51. The number of fused-ring (bicyclic) bond motifs is 5. The summed E-state index contributed by atoms with van der Waals surface area (Å²) in [6, 6.07) is -1.52. The molecule has 41 heavy (non-hydrogen) atoms. The van der Waals surface area contributed by atoms with Crippen LogP contribution in [0.25, 0.3) is 0 Å². The number of Topliss-reactive ketones (excluding diaryl/α,β-unsaturated/α-hetero) is 5. The number of carbonyl (C=O) groups excluding carboxylic acids is 6. The lowest BCUT2D eigenvalue weighted by Crippen LogP contribution is -2.74. The number of amides is 1.